The molecule has 0 spiro atoms. The van der Waals surface area contributed by atoms with Crippen molar-refractivity contribution in [2.75, 3.05) is 13.7 Å². The molecule has 1 atom stereocenters. The molecule has 1 heterocycles. The predicted octanol–water partition coefficient (Wildman–Crippen LogP) is 2.17. The standard InChI is InChI=1S/C14H17NO2/c1-17-10-12(16)7-6-11-8-9-15-14-5-3-2-4-13(11)14/h2-5,8-9,12,16H,6-7,10H2,1H3. The number of hydrogen-bond donors (Lipinski definition) is 1. The fraction of sp³-hybridized carbons (Fsp3) is 0.357. The van der Waals surface area contributed by atoms with Gasteiger partial charge in [0.25, 0.3) is 0 Å². The predicted molar refractivity (Wildman–Crippen MR) is 67.9 cm³/mol. The molecule has 0 aliphatic rings. The Balaban J connectivity index is 2.13. The minimum absolute atomic E-state index is 0.392. The molecule has 2 aromatic rings. The highest BCUT2D eigenvalue weighted by molar-refractivity contribution is 5.81. The number of ether oxygens (including phenoxy) is 1. The van der Waals surface area contributed by atoms with Gasteiger partial charge < -0.3 is 9.84 Å². The Morgan fingerprint density at radius 1 is 1.29 bits per heavy atom. The molecule has 3 nitrogen and oxygen atoms in total. The maximum Gasteiger partial charge on any atom is 0.0776 e. The van der Waals surface area contributed by atoms with Crippen LogP contribution in [0, 0.1) is 0 Å². The summed E-state index contributed by atoms with van der Waals surface area (Å²) in [5.74, 6) is 0. The third-order valence-electron chi connectivity index (χ3n) is 2.85. The molecule has 1 N–H and O–H groups in total. The smallest absolute Gasteiger partial charge is 0.0776 e. The van der Waals surface area contributed by atoms with E-state index in [1.807, 2.05) is 30.5 Å². The number of methoxy groups -OCH3 is 1. The van der Waals surface area contributed by atoms with Crippen LogP contribution in [0.2, 0.25) is 0 Å². The number of aliphatic hydroxyl groups is 1. The van der Waals surface area contributed by atoms with Crippen molar-refractivity contribution < 1.29 is 9.84 Å². The second-order valence-electron chi connectivity index (χ2n) is 4.14. The quantitative estimate of drug-likeness (QED) is 0.857. The number of rotatable bonds is 5. The molecule has 3 heteroatoms. The molecule has 0 saturated heterocycles. The number of aromatic nitrogens is 1. The molecule has 0 fully saturated rings. The van der Waals surface area contributed by atoms with E-state index in [1.54, 1.807) is 7.11 Å². The van der Waals surface area contributed by atoms with Gasteiger partial charge in [-0.2, -0.15) is 0 Å². The van der Waals surface area contributed by atoms with Gasteiger partial charge in [0.05, 0.1) is 18.2 Å². The summed E-state index contributed by atoms with van der Waals surface area (Å²) in [7, 11) is 1.60. The average molecular weight is 231 g/mol. The Hall–Kier alpha value is -1.45. The molecule has 1 aromatic carbocycles. The van der Waals surface area contributed by atoms with Crippen LogP contribution in [0.1, 0.15) is 12.0 Å². The molecule has 0 saturated carbocycles. The highest BCUT2D eigenvalue weighted by Gasteiger charge is 2.06. The molecular formula is C14H17NO2. The number of aliphatic hydroxyl groups excluding tert-OH is 1. The van der Waals surface area contributed by atoms with Gasteiger partial charge in [0.15, 0.2) is 0 Å². The zero-order valence-electron chi connectivity index (χ0n) is 9.97. The van der Waals surface area contributed by atoms with Gasteiger partial charge in [-0.15, -0.1) is 0 Å². The minimum Gasteiger partial charge on any atom is -0.391 e. The van der Waals surface area contributed by atoms with Crippen molar-refractivity contribution in [1.29, 1.82) is 0 Å². The number of nitrogens with zero attached hydrogens (tertiary/aromatic N) is 1. The lowest BCUT2D eigenvalue weighted by Crippen LogP contribution is -2.14. The number of aryl methyl sites for hydroxylation is 1. The maximum atomic E-state index is 9.64. The van der Waals surface area contributed by atoms with Crippen molar-refractivity contribution in [1.82, 2.24) is 4.98 Å². The van der Waals surface area contributed by atoms with Gasteiger partial charge in [0, 0.05) is 18.7 Å². The van der Waals surface area contributed by atoms with Crippen molar-refractivity contribution >= 4 is 10.9 Å². The first-order chi connectivity index (χ1) is 8.31. The summed E-state index contributed by atoms with van der Waals surface area (Å²) in [6, 6.07) is 10.1. The third-order valence-corrected chi connectivity index (χ3v) is 2.85. The van der Waals surface area contributed by atoms with Crippen LogP contribution in [0.4, 0.5) is 0 Å². The van der Waals surface area contributed by atoms with E-state index in [9.17, 15) is 5.11 Å². The lowest BCUT2D eigenvalue weighted by molar-refractivity contribution is 0.0596. The highest BCUT2D eigenvalue weighted by Crippen LogP contribution is 2.18. The largest absolute Gasteiger partial charge is 0.391 e. The van der Waals surface area contributed by atoms with Crippen molar-refractivity contribution in [3.8, 4) is 0 Å². The topological polar surface area (TPSA) is 42.4 Å². The van der Waals surface area contributed by atoms with Crippen LogP contribution in [-0.2, 0) is 11.2 Å². The third kappa shape index (κ3) is 3.02. The van der Waals surface area contributed by atoms with Crippen LogP contribution in [-0.4, -0.2) is 29.9 Å². The maximum absolute atomic E-state index is 9.64. The molecule has 1 aromatic heterocycles. The average Bonchev–Trinajstić information content (AvgIpc) is 2.36. The summed E-state index contributed by atoms with van der Waals surface area (Å²) in [5.41, 5.74) is 2.23. The summed E-state index contributed by atoms with van der Waals surface area (Å²) in [5, 5.41) is 10.8. The molecular weight excluding hydrogens is 214 g/mol. The molecule has 90 valence electrons. The van der Waals surface area contributed by atoms with Crippen molar-refractivity contribution in [3.05, 3.63) is 42.1 Å². The number of hydrogen-bond acceptors (Lipinski definition) is 3. The van der Waals surface area contributed by atoms with Crippen LogP contribution in [0.15, 0.2) is 36.5 Å². The number of pyridine rings is 1. The number of benzene rings is 1. The molecule has 17 heavy (non-hydrogen) atoms. The fourth-order valence-electron chi connectivity index (χ4n) is 1.97. The van der Waals surface area contributed by atoms with E-state index in [2.05, 4.69) is 11.1 Å². The normalized spacial score (nSPS) is 12.8. The molecule has 1 unspecified atom stereocenters. The lowest BCUT2D eigenvalue weighted by Gasteiger charge is -2.10. The first-order valence-electron chi connectivity index (χ1n) is 5.81. The Kier molecular flexibility index (Phi) is 4.07. The van der Waals surface area contributed by atoms with Crippen LogP contribution in [0.5, 0.6) is 0 Å². The Morgan fingerprint density at radius 2 is 2.12 bits per heavy atom. The van der Waals surface area contributed by atoms with Crippen molar-refractivity contribution in [2.45, 2.75) is 18.9 Å². The summed E-state index contributed by atoms with van der Waals surface area (Å²) in [6.07, 6.45) is 2.97. The Labute approximate surface area is 101 Å². The zero-order valence-corrected chi connectivity index (χ0v) is 9.97. The van der Waals surface area contributed by atoms with E-state index >= 15 is 0 Å². The first kappa shape index (κ1) is 12.0. The minimum atomic E-state index is -0.396. The fourth-order valence-corrected chi connectivity index (χ4v) is 1.97. The van der Waals surface area contributed by atoms with Crippen molar-refractivity contribution in [3.63, 3.8) is 0 Å². The van der Waals surface area contributed by atoms with Gasteiger partial charge in [0.2, 0.25) is 0 Å². The van der Waals surface area contributed by atoms with Gasteiger partial charge in [-0.25, -0.2) is 0 Å². The zero-order chi connectivity index (χ0) is 12.1. The highest BCUT2D eigenvalue weighted by atomic mass is 16.5. The van der Waals surface area contributed by atoms with Crippen LogP contribution >= 0.6 is 0 Å². The van der Waals surface area contributed by atoms with Crippen LogP contribution in [0.25, 0.3) is 10.9 Å². The van der Waals surface area contributed by atoms with Gasteiger partial charge in [0.1, 0.15) is 0 Å². The van der Waals surface area contributed by atoms with E-state index in [0.29, 0.717) is 13.0 Å². The summed E-state index contributed by atoms with van der Waals surface area (Å²) in [4.78, 5) is 4.32. The Morgan fingerprint density at radius 3 is 2.94 bits per heavy atom. The second-order valence-corrected chi connectivity index (χ2v) is 4.14. The first-order valence-corrected chi connectivity index (χ1v) is 5.81. The van der Waals surface area contributed by atoms with Crippen molar-refractivity contribution in [2.24, 2.45) is 0 Å². The number of para-hydroxylation sites is 1. The van der Waals surface area contributed by atoms with Crippen LogP contribution in [0.3, 0.4) is 0 Å². The number of fused-ring (bicyclic) bond motifs is 1. The SMILES string of the molecule is COCC(O)CCc1ccnc2ccccc12. The van der Waals surface area contributed by atoms with E-state index in [0.717, 1.165) is 11.9 Å². The molecule has 0 bridgehead atoms. The second kappa shape index (κ2) is 5.75. The van der Waals surface area contributed by atoms with Gasteiger partial charge in [-0.05, 0) is 30.5 Å². The van der Waals surface area contributed by atoms with E-state index in [4.69, 9.17) is 4.74 Å². The van der Waals surface area contributed by atoms with E-state index in [-0.39, 0.29) is 0 Å². The van der Waals surface area contributed by atoms with Gasteiger partial charge in [-0.1, -0.05) is 18.2 Å². The molecule has 2 rings (SSSR count). The summed E-state index contributed by atoms with van der Waals surface area (Å²) < 4.78 is 4.92. The van der Waals surface area contributed by atoms with Gasteiger partial charge >= 0.3 is 0 Å². The molecule has 0 radical (unpaired) electrons. The van der Waals surface area contributed by atoms with Crippen LogP contribution < -0.4 is 0 Å². The lowest BCUT2D eigenvalue weighted by atomic mass is 10.0. The Bertz CT molecular complexity index is 479. The molecule has 0 amide bonds. The van der Waals surface area contributed by atoms with E-state index < -0.39 is 6.10 Å². The monoisotopic (exact) mass is 231 g/mol. The van der Waals surface area contributed by atoms with E-state index in [1.165, 1.54) is 10.9 Å². The summed E-state index contributed by atoms with van der Waals surface area (Å²) in [6.45, 7) is 0.392. The summed E-state index contributed by atoms with van der Waals surface area (Å²) >= 11 is 0. The van der Waals surface area contributed by atoms with Gasteiger partial charge in [-0.3, -0.25) is 4.98 Å². The molecule has 0 aliphatic heterocycles. The molecule has 0 aliphatic carbocycles.